The first-order chi connectivity index (χ1) is 7.24. The standard InChI is InChI=1S/C10H13F2NOS/c11-9-2-1-8(7-10(9)12)15-6-5-14-4-3-13/h1-2,7H,3-6,13H2. The van der Waals surface area contributed by atoms with Gasteiger partial charge in [-0.2, -0.15) is 0 Å². The van der Waals surface area contributed by atoms with Gasteiger partial charge >= 0.3 is 0 Å². The van der Waals surface area contributed by atoms with Crippen molar-refractivity contribution in [2.75, 3.05) is 25.5 Å². The van der Waals surface area contributed by atoms with E-state index < -0.39 is 11.6 Å². The van der Waals surface area contributed by atoms with Crippen molar-refractivity contribution < 1.29 is 13.5 Å². The highest BCUT2D eigenvalue weighted by Crippen LogP contribution is 2.19. The van der Waals surface area contributed by atoms with Crippen LogP contribution in [0.1, 0.15) is 0 Å². The van der Waals surface area contributed by atoms with Gasteiger partial charge in [0.05, 0.1) is 13.2 Å². The first-order valence-corrected chi connectivity index (χ1v) is 5.58. The highest BCUT2D eigenvalue weighted by atomic mass is 32.2. The molecule has 1 rings (SSSR count). The first-order valence-electron chi connectivity index (χ1n) is 4.59. The molecular formula is C10H13F2NOS. The largest absolute Gasteiger partial charge is 0.379 e. The molecule has 0 spiro atoms. The Morgan fingerprint density at radius 3 is 2.67 bits per heavy atom. The summed E-state index contributed by atoms with van der Waals surface area (Å²) in [6, 6.07) is 3.85. The summed E-state index contributed by atoms with van der Waals surface area (Å²) in [5, 5.41) is 0. The van der Waals surface area contributed by atoms with E-state index >= 15 is 0 Å². The predicted octanol–water partition coefficient (Wildman–Crippen LogP) is 2.03. The highest BCUT2D eigenvalue weighted by Gasteiger charge is 2.02. The van der Waals surface area contributed by atoms with Crippen molar-refractivity contribution in [1.29, 1.82) is 0 Å². The zero-order chi connectivity index (χ0) is 11.1. The normalized spacial score (nSPS) is 10.6. The van der Waals surface area contributed by atoms with Gasteiger partial charge in [0.15, 0.2) is 11.6 Å². The Kier molecular flexibility index (Phi) is 5.60. The predicted molar refractivity (Wildman–Crippen MR) is 57.0 cm³/mol. The minimum Gasteiger partial charge on any atom is -0.379 e. The summed E-state index contributed by atoms with van der Waals surface area (Å²) in [4.78, 5) is 0.699. The van der Waals surface area contributed by atoms with Gasteiger partial charge < -0.3 is 10.5 Å². The van der Waals surface area contributed by atoms with E-state index in [0.29, 0.717) is 30.4 Å². The van der Waals surface area contributed by atoms with Crippen LogP contribution in [-0.2, 0) is 4.74 Å². The zero-order valence-electron chi connectivity index (χ0n) is 8.21. The van der Waals surface area contributed by atoms with Gasteiger partial charge in [0.2, 0.25) is 0 Å². The van der Waals surface area contributed by atoms with Crippen LogP contribution in [0.4, 0.5) is 8.78 Å². The molecule has 2 nitrogen and oxygen atoms in total. The van der Waals surface area contributed by atoms with E-state index in [1.807, 2.05) is 0 Å². The van der Waals surface area contributed by atoms with Gasteiger partial charge in [-0.3, -0.25) is 0 Å². The van der Waals surface area contributed by atoms with E-state index in [1.54, 1.807) is 6.07 Å². The van der Waals surface area contributed by atoms with Gasteiger partial charge in [-0.1, -0.05) is 0 Å². The molecule has 0 aliphatic carbocycles. The number of nitrogens with two attached hydrogens (primary N) is 1. The lowest BCUT2D eigenvalue weighted by molar-refractivity contribution is 0.158. The number of rotatable bonds is 6. The molecule has 0 amide bonds. The fraction of sp³-hybridized carbons (Fsp3) is 0.400. The van der Waals surface area contributed by atoms with E-state index in [4.69, 9.17) is 10.5 Å². The fourth-order valence-corrected chi connectivity index (χ4v) is 1.76. The maximum atomic E-state index is 12.8. The third-order valence-electron chi connectivity index (χ3n) is 1.65. The Labute approximate surface area is 91.8 Å². The number of ether oxygens (including phenoxy) is 1. The van der Waals surface area contributed by atoms with Gasteiger partial charge in [-0.05, 0) is 18.2 Å². The van der Waals surface area contributed by atoms with Crippen LogP contribution in [0.3, 0.4) is 0 Å². The fourth-order valence-electron chi connectivity index (χ4n) is 0.970. The van der Waals surface area contributed by atoms with Gasteiger partial charge in [0.1, 0.15) is 0 Å². The lowest BCUT2D eigenvalue weighted by atomic mass is 10.3. The van der Waals surface area contributed by atoms with Crippen LogP contribution in [0.25, 0.3) is 0 Å². The van der Waals surface area contributed by atoms with Crippen LogP contribution in [-0.4, -0.2) is 25.5 Å². The van der Waals surface area contributed by atoms with Gasteiger partial charge in [0.25, 0.3) is 0 Å². The van der Waals surface area contributed by atoms with Crippen LogP contribution < -0.4 is 5.73 Å². The molecular weight excluding hydrogens is 220 g/mol. The van der Waals surface area contributed by atoms with E-state index in [-0.39, 0.29) is 0 Å². The molecule has 1 aromatic rings. The molecule has 0 saturated carbocycles. The molecule has 1 aromatic carbocycles. The Morgan fingerprint density at radius 2 is 2.00 bits per heavy atom. The topological polar surface area (TPSA) is 35.2 Å². The molecule has 0 radical (unpaired) electrons. The number of benzene rings is 1. The monoisotopic (exact) mass is 233 g/mol. The highest BCUT2D eigenvalue weighted by molar-refractivity contribution is 7.99. The average Bonchev–Trinajstić information content (AvgIpc) is 2.23. The van der Waals surface area contributed by atoms with Crippen LogP contribution in [0.2, 0.25) is 0 Å². The van der Waals surface area contributed by atoms with Crippen molar-refractivity contribution in [1.82, 2.24) is 0 Å². The van der Waals surface area contributed by atoms with Crippen molar-refractivity contribution >= 4 is 11.8 Å². The molecule has 0 unspecified atom stereocenters. The lowest BCUT2D eigenvalue weighted by Crippen LogP contribution is -2.09. The smallest absolute Gasteiger partial charge is 0.159 e. The second-order valence-corrected chi connectivity index (χ2v) is 3.99. The van der Waals surface area contributed by atoms with Crippen molar-refractivity contribution in [2.45, 2.75) is 4.90 Å². The van der Waals surface area contributed by atoms with E-state index in [2.05, 4.69) is 0 Å². The first kappa shape index (κ1) is 12.4. The maximum Gasteiger partial charge on any atom is 0.159 e. The lowest BCUT2D eigenvalue weighted by Gasteiger charge is -2.03. The second kappa shape index (κ2) is 6.76. The molecule has 84 valence electrons. The zero-order valence-corrected chi connectivity index (χ0v) is 9.03. The quantitative estimate of drug-likeness (QED) is 0.603. The Morgan fingerprint density at radius 1 is 1.20 bits per heavy atom. The third-order valence-corrected chi connectivity index (χ3v) is 2.61. The van der Waals surface area contributed by atoms with Gasteiger partial charge in [-0.25, -0.2) is 8.78 Å². The van der Waals surface area contributed by atoms with Crippen molar-refractivity contribution in [3.05, 3.63) is 29.8 Å². The number of hydrogen-bond donors (Lipinski definition) is 1. The molecule has 0 aliphatic rings. The van der Waals surface area contributed by atoms with Gasteiger partial charge in [-0.15, -0.1) is 11.8 Å². The molecule has 5 heteroatoms. The van der Waals surface area contributed by atoms with Crippen LogP contribution >= 0.6 is 11.8 Å². The van der Waals surface area contributed by atoms with E-state index in [9.17, 15) is 8.78 Å². The van der Waals surface area contributed by atoms with Crippen LogP contribution in [0.15, 0.2) is 23.1 Å². The van der Waals surface area contributed by atoms with Crippen molar-refractivity contribution in [3.63, 3.8) is 0 Å². The summed E-state index contributed by atoms with van der Waals surface area (Å²) in [7, 11) is 0. The number of hydrogen-bond acceptors (Lipinski definition) is 3. The molecule has 15 heavy (non-hydrogen) atoms. The molecule has 0 heterocycles. The van der Waals surface area contributed by atoms with E-state index in [1.165, 1.54) is 17.8 Å². The summed E-state index contributed by atoms with van der Waals surface area (Å²) in [6.07, 6.45) is 0. The SMILES string of the molecule is NCCOCCSc1ccc(F)c(F)c1. The summed E-state index contributed by atoms with van der Waals surface area (Å²) < 4.78 is 30.5. The third kappa shape index (κ3) is 4.59. The second-order valence-electron chi connectivity index (χ2n) is 2.83. The molecule has 2 N–H and O–H groups in total. The van der Waals surface area contributed by atoms with Crippen LogP contribution in [0.5, 0.6) is 0 Å². The summed E-state index contributed by atoms with van der Waals surface area (Å²) in [6.45, 7) is 1.58. The summed E-state index contributed by atoms with van der Waals surface area (Å²) in [5.74, 6) is -0.938. The average molecular weight is 233 g/mol. The molecule has 0 atom stereocenters. The minimum atomic E-state index is -0.821. The summed E-state index contributed by atoms with van der Waals surface area (Å²) in [5.41, 5.74) is 5.24. The Balaban J connectivity index is 2.28. The Bertz CT molecular complexity index is 309. The summed E-state index contributed by atoms with van der Waals surface area (Å²) >= 11 is 1.42. The van der Waals surface area contributed by atoms with Crippen molar-refractivity contribution in [3.8, 4) is 0 Å². The molecule has 0 aliphatic heterocycles. The number of thioether (sulfide) groups is 1. The molecule has 0 saturated heterocycles. The van der Waals surface area contributed by atoms with Gasteiger partial charge in [0, 0.05) is 17.2 Å². The molecule has 0 aromatic heterocycles. The molecule has 0 bridgehead atoms. The molecule has 0 fully saturated rings. The maximum absolute atomic E-state index is 12.8. The number of halogens is 2. The Hall–Kier alpha value is -0.650. The van der Waals surface area contributed by atoms with E-state index in [0.717, 1.165) is 6.07 Å². The van der Waals surface area contributed by atoms with Crippen LogP contribution in [0, 0.1) is 11.6 Å². The van der Waals surface area contributed by atoms with Crippen molar-refractivity contribution in [2.24, 2.45) is 5.73 Å². The minimum absolute atomic E-state index is 0.496.